The van der Waals surface area contributed by atoms with Gasteiger partial charge in [-0.3, -0.25) is 4.79 Å². The maximum atomic E-state index is 11.8. The van der Waals surface area contributed by atoms with E-state index in [9.17, 15) is 9.90 Å². The Bertz CT molecular complexity index is 718. The third-order valence-corrected chi connectivity index (χ3v) is 5.82. The molecule has 1 aromatic carbocycles. The number of rotatable bonds is 6. The van der Waals surface area contributed by atoms with Gasteiger partial charge in [-0.05, 0) is 56.3 Å². The first-order valence-electron chi connectivity index (χ1n) is 6.71. The second-order valence-electron chi connectivity index (χ2n) is 4.42. The van der Waals surface area contributed by atoms with Gasteiger partial charge in [-0.1, -0.05) is 6.07 Å². The monoisotopic (exact) mass is 460 g/mol. The van der Waals surface area contributed by atoms with E-state index in [2.05, 4.69) is 42.4 Å². The summed E-state index contributed by atoms with van der Waals surface area (Å²) >= 11 is 8.18. The van der Waals surface area contributed by atoms with Crippen molar-refractivity contribution >= 4 is 55.3 Å². The number of nitrogens with zero attached hydrogens (tertiary/aromatic N) is 1. The number of amides is 1. The number of benzene rings is 1. The van der Waals surface area contributed by atoms with Gasteiger partial charge in [0.15, 0.2) is 11.5 Å². The molecule has 0 bridgehead atoms. The molecule has 0 saturated heterocycles. The lowest BCUT2D eigenvalue weighted by Gasteiger charge is -2.10. The molecule has 0 aliphatic rings. The van der Waals surface area contributed by atoms with Crippen LogP contribution in [0.5, 0.6) is 11.5 Å². The summed E-state index contributed by atoms with van der Waals surface area (Å²) in [6.45, 7) is 2.25. The second-order valence-corrected chi connectivity index (χ2v) is 7.04. The van der Waals surface area contributed by atoms with E-state index in [1.54, 1.807) is 6.07 Å². The summed E-state index contributed by atoms with van der Waals surface area (Å²) in [7, 11) is 0. The summed E-state index contributed by atoms with van der Waals surface area (Å²) in [6, 6.07) is 5.44. The van der Waals surface area contributed by atoms with Gasteiger partial charge in [0.2, 0.25) is 5.91 Å². The van der Waals surface area contributed by atoms with Crippen molar-refractivity contribution in [2.45, 2.75) is 13.3 Å². The number of halogens is 2. The van der Waals surface area contributed by atoms with E-state index >= 15 is 0 Å². The summed E-state index contributed by atoms with van der Waals surface area (Å²) in [5.41, 5.74) is 3.14. The Labute approximate surface area is 154 Å². The predicted octanol–water partition coefficient (Wildman–Crippen LogP) is 4.07. The maximum Gasteiger partial charge on any atom is 0.245 e. The quantitative estimate of drug-likeness (QED) is 0.503. The fourth-order valence-electron chi connectivity index (χ4n) is 1.76. The van der Waals surface area contributed by atoms with Gasteiger partial charge in [-0.15, -0.1) is 11.3 Å². The van der Waals surface area contributed by atoms with Crippen LogP contribution in [-0.2, 0) is 11.2 Å². The van der Waals surface area contributed by atoms with Crippen LogP contribution in [0.4, 0.5) is 0 Å². The molecule has 0 fully saturated rings. The molecule has 0 unspecified atom stereocenters. The number of nitrogens with one attached hydrogen (secondary N) is 1. The number of hydrogen-bond acceptors (Lipinski definition) is 5. The van der Waals surface area contributed by atoms with Gasteiger partial charge in [0.05, 0.1) is 23.7 Å². The van der Waals surface area contributed by atoms with E-state index in [4.69, 9.17) is 4.74 Å². The van der Waals surface area contributed by atoms with Crippen LogP contribution in [0, 0.1) is 0 Å². The Hall–Kier alpha value is -1.38. The molecule has 2 N–H and O–H groups in total. The van der Waals surface area contributed by atoms with Gasteiger partial charge < -0.3 is 9.84 Å². The maximum absolute atomic E-state index is 11.8. The average molecular weight is 462 g/mol. The average Bonchev–Trinajstić information content (AvgIpc) is 3.02. The third kappa shape index (κ3) is 4.79. The Morgan fingerprint density at radius 2 is 2.26 bits per heavy atom. The zero-order chi connectivity index (χ0) is 16.8. The molecule has 0 atom stereocenters. The minimum absolute atomic E-state index is 0.0117. The largest absolute Gasteiger partial charge is 0.503 e. The van der Waals surface area contributed by atoms with Crippen molar-refractivity contribution in [2.75, 3.05) is 6.61 Å². The van der Waals surface area contributed by atoms with Crippen molar-refractivity contribution in [3.8, 4) is 11.5 Å². The van der Waals surface area contributed by atoms with E-state index in [-0.39, 0.29) is 11.7 Å². The van der Waals surface area contributed by atoms with Gasteiger partial charge >= 0.3 is 0 Å². The fourth-order valence-corrected chi connectivity index (χ4v) is 3.29. The zero-order valence-corrected chi connectivity index (χ0v) is 16.2. The van der Waals surface area contributed by atoms with Crippen LogP contribution in [0.15, 0.2) is 37.6 Å². The van der Waals surface area contributed by atoms with E-state index in [0.717, 1.165) is 4.88 Å². The molecule has 1 aromatic heterocycles. The number of hydrogen-bond donors (Lipinski definition) is 2. The van der Waals surface area contributed by atoms with Crippen LogP contribution in [0.3, 0.4) is 0 Å². The first kappa shape index (κ1) is 18.0. The number of carbonyl (C=O) groups is 1. The molecule has 1 heterocycles. The lowest BCUT2D eigenvalue weighted by Crippen LogP contribution is -2.19. The summed E-state index contributed by atoms with van der Waals surface area (Å²) < 4.78 is 6.45. The Kier molecular flexibility index (Phi) is 6.61. The molecular formula is C15H14Br2N2O3S. The third-order valence-electron chi connectivity index (χ3n) is 2.78. The number of ether oxygens (including phenoxy) is 1. The molecule has 2 aromatic rings. The first-order chi connectivity index (χ1) is 11.0. The number of carbonyl (C=O) groups excluding carboxylic acids is 1. The van der Waals surface area contributed by atoms with Crippen molar-refractivity contribution in [3.05, 3.63) is 43.0 Å². The number of phenolic OH excluding ortho intramolecular Hbond substituents is 1. The van der Waals surface area contributed by atoms with E-state index in [0.29, 0.717) is 33.3 Å². The molecule has 1 amide bonds. The highest BCUT2D eigenvalue weighted by molar-refractivity contribution is 9.13. The molecule has 0 saturated carbocycles. The van der Waals surface area contributed by atoms with Gasteiger partial charge in [-0.25, -0.2) is 5.43 Å². The van der Waals surface area contributed by atoms with Crippen molar-refractivity contribution in [1.29, 1.82) is 0 Å². The smallest absolute Gasteiger partial charge is 0.245 e. The molecule has 2 rings (SSSR count). The molecule has 0 aliphatic heterocycles. The van der Waals surface area contributed by atoms with Crippen LogP contribution in [-0.4, -0.2) is 23.8 Å². The Morgan fingerprint density at radius 3 is 2.91 bits per heavy atom. The molecule has 23 heavy (non-hydrogen) atoms. The minimum Gasteiger partial charge on any atom is -0.503 e. The molecule has 8 heteroatoms. The predicted molar refractivity (Wildman–Crippen MR) is 98.4 cm³/mol. The summed E-state index contributed by atoms with van der Waals surface area (Å²) in [4.78, 5) is 12.7. The highest BCUT2D eigenvalue weighted by Crippen LogP contribution is 2.41. The van der Waals surface area contributed by atoms with Crippen LogP contribution in [0.1, 0.15) is 17.4 Å². The highest BCUT2D eigenvalue weighted by Gasteiger charge is 2.14. The van der Waals surface area contributed by atoms with E-state index in [1.165, 1.54) is 17.6 Å². The van der Waals surface area contributed by atoms with Crippen molar-refractivity contribution in [3.63, 3.8) is 0 Å². The number of aromatic hydroxyl groups is 1. The van der Waals surface area contributed by atoms with E-state index in [1.807, 2.05) is 24.4 Å². The second kappa shape index (κ2) is 8.47. The molecule has 5 nitrogen and oxygen atoms in total. The van der Waals surface area contributed by atoms with Crippen LogP contribution >= 0.6 is 43.2 Å². The fraction of sp³-hybridized carbons (Fsp3) is 0.200. The highest BCUT2D eigenvalue weighted by atomic mass is 79.9. The van der Waals surface area contributed by atoms with Gasteiger partial charge in [0.25, 0.3) is 0 Å². The van der Waals surface area contributed by atoms with Crippen molar-refractivity contribution in [2.24, 2.45) is 5.10 Å². The SMILES string of the molecule is CCOc1cc(C=NNC(=O)Cc2cccs2)c(Br)c(Br)c1O. The van der Waals surface area contributed by atoms with Crippen LogP contribution in [0.2, 0.25) is 0 Å². The molecule has 0 spiro atoms. The van der Waals surface area contributed by atoms with E-state index < -0.39 is 0 Å². The minimum atomic E-state index is -0.192. The first-order valence-corrected chi connectivity index (χ1v) is 9.17. The molecule has 122 valence electrons. The van der Waals surface area contributed by atoms with Gasteiger partial charge in [0.1, 0.15) is 0 Å². The summed E-state index contributed by atoms with van der Waals surface area (Å²) in [5.74, 6) is 0.161. The number of phenols is 1. The van der Waals surface area contributed by atoms with Crippen molar-refractivity contribution in [1.82, 2.24) is 5.43 Å². The molecular weight excluding hydrogens is 448 g/mol. The van der Waals surface area contributed by atoms with Crippen LogP contribution in [0.25, 0.3) is 0 Å². The van der Waals surface area contributed by atoms with Gasteiger partial charge in [0, 0.05) is 14.9 Å². The summed E-state index contributed by atoms with van der Waals surface area (Å²) in [5, 5.41) is 15.8. The zero-order valence-electron chi connectivity index (χ0n) is 12.2. The number of hydrazone groups is 1. The summed E-state index contributed by atoms with van der Waals surface area (Å²) in [6.07, 6.45) is 1.78. The normalized spacial score (nSPS) is 10.9. The topological polar surface area (TPSA) is 70.9 Å². The molecule has 0 radical (unpaired) electrons. The van der Waals surface area contributed by atoms with Gasteiger partial charge in [-0.2, -0.15) is 5.10 Å². The lowest BCUT2D eigenvalue weighted by molar-refractivity contribution is -0.120. The number of thiophene rings is 1. The lowest BCUT2D eigenvalue weighted by atomic mass is 10.2. The Balaban J connectivity index is 2.08. The molecule has 0 aliphatic carbocycles. The van der Waals surface area contributed by atoms with Crippen LogP contribution < -0.4 is 10.2 Å². The Morgan fingerprint density at radius 1 is 1.48 bits per heavy atom. The van der Waals surface area contributed by atoms with Crippen molar-refractivity contribution < 1.29 is 14.6 Å². The standard InChI is InChI=1S/C15H14Br2N2O3S/c1-2-22-11-6-9(13(16)14(17)15(11)21)8-18-19-12(20)7-10-4-3-5-23-10/h3-6,8,21H,2,7H2,1H3,(H,19,20).